The molecule has 0 radical (unpaired) electrons. The van der Waals surface area contributed by atoms with Crippen LogP contribution in [0.1, 0.15) is 45.0 Å². The summed E-state index contributed by atoms with van der Waals surface area (Å²) in [6.07, 6.45) is 5.58. The Kier molecular flexibility index (Phi) is 7.84. The van der Waals surface area contributed by atoms with Gasteiger partial charge in [-0.15, -0.1) is 11.3 Å². The van der Waals surface area contributed by atoms with Gasteiger partial charge in [-0.3, -0.25) is 14.3 Å². The van der Waals surface area contributed by atoms with Crippen molar-refractivity contribution in [1.82, 2.24) is 24.6 Å². The van der Waals surface area contributed by atoms with Gasteiger partial charge in [0.2, 0.25) is 5.91 Å². The second kappa shape index (κ2) is 10.9. The van der Waals surface area contributed by atoms with E-state index in [0.717, 1.165) is 22.5 Å². The second-order valence-electron chi connectivity index (χ2n) is 10.7. The summed E-state index contributed by atoms with van der Waals surface area (Å²) in [5, 5.41) is 12.5. The van der Waals surface area contributed by atoms with Crippen LogP contribution in [0.5, 0.6) is 0 Å². The van der Waals surface area contributed by atoms with Gasteiger partial charge in [0.15, 0.2) is 5.13 Å². The van der Waals surface area contributed by atoms with Crippen molar-refractivity contribution >= 4 is 28.3 Å². The molecule has 1 aromatic carbocycles. The number of anilines is 1. The van der Waals surface area contributed by atoms with Gasteiger partial charge in [-0.1, -0.05) is 18.2 Å². The van der Waals surface area contributed by atoms with Crippen LogP contribution in [0.2, 0.25) is 0 Å². The highest BCUT2D eigenvalue weighted by Gasteiger charge is 2.19. The van der Waals surface area contributed by atoms with Crippen LogP contribution >= 0.6 is 11.3 Å². The van der Waals surface area contributed by atoms with Crippen molar-refractivity contribution in [2.45, 2.75) is 52.3 Å². The van der Waals surface area contributed by atoms with Crippen LogP contribution < -0.4 is 10.6 Å². The van der Waals surface area contributed by atoms with Crippen LogP contribution in [-0.4, -0.2) is 50.4 Å². The average molecular weight is 535 g/mol. The summed E-state index contributed by atoms with van der Waals surface area (Å²) in [6, 6.07) is 11.7. The van der Waals surface area contributed by atoms with Crippen LogP contribution in [0.4, 0.5) is 5.13 Å². The first-order valence-corrected chi connectivity index (χ1v) is 13.2. The van der Waals surface area contributed by atoms with Crippen LogP contribution in [0.15, 0.2) is 60.4 Å². The largest absolute Gasteiger partial charge is 0.377 e. The lowest BCUT2D eigenvalue weighted by Crippen LogP contribution is -2.32. The monoisotopic (exact) mass is 534 g/mol. The van der Waals surface area contributed by atoms with Gasteiger partial charge < -0.3 is 19.9 Å². The van der Waals surface area contributed by atoms with Gasteiger partial charge in [0.05, 0.1) is 35.6 Å². The minimum atomic E-state index is -0.340. The van der Waals surface area contributed by atoms with Gasteiger partial charge in [0.25, 0.3) is 5.91 Å². The molecule has 0 atom stereocenters. The van der Waals surface area contributed by atoms with E-state index in [1.54, 1.807) is 19.4 Å². The van der Waals surface area contributed by atoms with Gasteiger partial charge in [-0.2, -0.15) is 5.10 Å². The SMILES string of the molecule is COC(C)(C)Cn1ccc(-c2cccc(-c3csc(NC(=O)CNC(=O)c4ccn(C(C)(C)C)c4)n3)c2)n1. The maximum atomic E-state index is 12.4. The Balaban J connectivity index is 1.36. The fourth-order valence-electron chi connectivity index (χ4n) is 3.73. The highest BCUT2D eigenvalue weighted by Crippen LogP contribution is 2.28. The maximum absolute atomic E-state index is 12.4. The normalized spacial score (nSPS) is 11.9. The molecule has 0 saturated carbocycles. The molecule has 10 heteroatoms. The molecule has 3 aromatic heterocycles. The average Bonchev–Trinajstić information content (AvgIpc) is 3.63. The third-order valence-corrected chi connectivity index (χ3v) is 6.84. The fraction of sp³-hybridized carbons (Fsp3) is 0.357. The Hall–Kier alpha value is -3.76. The molecule has 200 valence electrons. The van der Waals surface area contributed by atoms with E-state index in [-0.39, 0.29) is 29.5 Å². The number of rotatable bonds is 9. The lowest BCUT2D eigenvalue weighted by molar-refractivity contribution is -0.115. The number of carbonyl (C=O) groups is 2. The number of hydrogen-bond donors (Lipinski definition) is 2. The molecule has 0 aliphatic heterocycles. The predicted octanol–water partition coefficient (Wildman–Crippen LogP) is 5.02. The van der Waals surface area contributed by atoms with E-state index < -0.39 is 0 Å². The first-order chi connectivity index (χ1) is 17.9. The van der Waals surface area contributed by atoms with Gasteiger partial charge in [0, 0.05) is 47.7 Å². The van der Waals surface area contributed by atoms with Crippen LogP contribution in [0.3, 0.4) is 0 Å². The molecule has 4 aromatic rings. The summed E-state index contributed by atoms with van der Waals surface area (Å²) in [5.74, 6) is -0.638. The first-order valence-electron chi connectivity index (χ1n) is 12.3. The summed E-state index contributed by atoms with van der Waals surface area (Å²) in [4.78, 5) is 29.4. The molecule has 9 nitrogen and oxygen atoms in total. The zero-order valence-electron chi connectivity index (χ0n) is 22.6. The van der Waals surface area contributed by atoms with Crippen molar-refractivity contribution in [1.29, 1.82) is 0 Å². The smallest absolute Gasteiger partial charge is 0.253 e. The Bertz CT molecular complexity index is 1430. The van der Waals surface area contributed by atoms with Gasteiger partial charge in [-0.25, -0.2) is 4.98 Å². The molecule has 0 spiro atoms. The number of ether oxygens (including phenoxy) is 1. The van der Waals surface area contributed by atoms with Crippen molar-refractivity contribution < 1.29 is 14.3 Å². The number of carbonyl (C=O) groups excluding carboxylic acids is 2. The molecule has 2 amide bonds. The van der Waals surface area contributed by atoms with E-state index in [2.05, 4.69) is 41.5 Å². The van der Waals surface area contributed by atoms with Crippen LogP contribution in [0, 0.1) is 0 Å². The Labute approximate surface area is 226 Å². The van der Waals surface area contributed by atoms with E-state index in [4.69, 9.17) is 4.74 Å². The number of aromatic nitrogens is 4. The van der Waals surface area contributed by atoms with E-state index in [1.807, 2.05) is 71.2 Å². The van der Waals surface area contributed by atoms with E-state index in [1.165, 1.54) is 11.3 Å². The Morgan fingerprint density at radius 3 is 2.45 bits per heavy atom. The third-order valence-electron chi connectivity index (χ3n) is 6.08. The molecule has 0 aliphatic rings. The number of amides is 2. The minimum Gasteiger partial charge on any atom is -0.377 e. The minimum absolute atomic E-state index is 0.124. The molecule has 3 heterocycles. The molecular weight excluding hydrogens is 500 g/mol. The number of hydrogen-bond acceptors (Lipinski definition) is 6. The molecule has 0 aliphatic carbocycles. The highest BCUT2D eigenvalue weighted by molar-refractivity contribution is 7.14. The van der Waals surface area contributed by atoms with Crippen molar-refractivity contribution in [3.8, 4) is 22.5 Å². The molecule has 0 fully saturated rings. The molecule has 4 rings (SSSR count). The zero-order chi connectivity index (χ0) is 27.5. The van der Waals surface area contributed by atoms with Gasteiger partial charge in [0.1, 0.15) is 0 Å². The van der Waals surface area contributed by atoms with Crippen molar-refractivity contribution in [2.24, 2.45) is 0 Å². The zero-order valence-corrected chi connectivity index (χ0v) is 23.4. The summed E-state index contributed by atoms with van der Waals surface area (Å²) >= 11 is 1.33. The number of nitrogens with zero attached hydrogens (tertiary/aromatic N) is 4. The summed E-state index contributed by atoms with van der Waals surface area (Å²) in [5.41, 5.74) is 3.57. The first kappa shape index (κ1) is 27.3. The highest BCUT2D eigenvalue weighted by atomic mass is 32.1. The van der Waals surface area contributed by atoms with Gasteiger partial charge in [-0.05, 0) is 52.8 Å². The molecule has 2 N–H and O–H groups in total. The molecule has 0 bridgehead atoms. The molecular formula is C28H34N6O3S. The summed E-state index contributed by atoms with van der Waals surface area (Å²) in [7, 11) is 1.70. The van der Waals surface area contributed by atoms with Crippen LogP contribution in [-0.2, 0) is 21.6 Å². The molecule has 38 heavy (non-hydrogen) atoms. The molecule has 0 unspecified atom stereocenters. The quantitative estimate of drug-likeness (QED) is 0.314. The second-order valence-corrected chi connectivity index (χ2v) is 11.5. The Morgan fingerprint density at radius 1 is 1.03 bits per heavy atom. The number of methoxy groups -OCH3 is 1. The van der Waals surface area contributed by atoms with Crippen molar-refractivity contribution in [3.63, 3.8) is 0 Å². The third kappa shape index (κ3) is 6.76. The van der Waals surface area contributed by atoms with Crippen molar-refractivity contribution in [2.75, 3.05) is 19.0 Å². The van der Waals surface area contributed by atoms with Gasteiger partial charge >= 0.3 is 0 Å². The van der Waals surface area contributed by atoms with E-state index in [9.17, 15) is 9.59 Å². The number of thiazole rings is 1. The number of nitrogens with one attached hydrogen (secondary N) is 2. The summed E-state index contributed by atoms with van der Waals surface area (Å²) < 4.78 is 9.34. The lowest BCUT2D eigenvalue weighted by Gasteiger charge is -2.22. The lowest BCUT2D eigenvalue weighted by atomic mass is 10.1. The topological polar surface area (TPSA) is 103 Å². The van der Waals surface area contributed by atoms with Crippen molar-refractivity contribution in [3.05, 3.63) is 65.9 Å². The fourth-order valence-corrected chi connectivity index (χ4v) is 4.47. The molecule has 0 saturated heterocycles. The standard InChI is InChI=1S/C28H34N6O3S/c1-27(2,3)33-12-10-21(16-33)25(36)29-15-24(35)31-26-30-23(17-38-26)20-9-7-8-19(14-20)22-11-13-34(32-22)18-28(4,5)37-6/h7-14,16-17H,15,18H2,1-6H3,(H,29,36)(H,30,31,35). The van der Waals surface area contributed by atoms with Crippen LogP contribution in [0.25, 0.3) is 22.5 Å². The maximum Gasteiger partial charge on any atom is 0.253 e. The summed E-state index contributed by atoms with van der Waals surface area (Å²) in [6.45, 7) is 10.7. The van der Waals surface area contributed by atoms with E-state index in [0.29, 0.717) is 17.2 Å². The Morgan fingerprint density at radius 2 is 1.76 bits per heavy atom. The van der Waals surface area contributed by atoms with E-state index >= 15 is 0 Å². The number of benzene rings is 1. The predicted molar refractivity (Wildman–Crippen MR) is 150 cm³/mol.